The molecule has 0 spiro atoms. The van der Waals surface area contributed by atoms with E-state index in [9.17, 15) is 4.79 Å². The Morgan fingerprint density at radius 2 is 2.24 bits per heavy atom. The molecular formula is C13H13NO3. The van der Waals surface area contributed by atoms with Gasteiger partial charge in [-0.2, -0.15) is 0 Å². The van der Waals surface area contributed by atoms with Crippen LogP contribution in [0.15, 0.2) is 22.6 Å². The van der Waals surface area contributed by atoms with Crippen molar-refractivity contribution in [1.29, 1.82) is 0 Å². The molecule has 3 rings (SSSR count). The number of likely N-dealkylation sites (N-methyl/N-ethyl adjacent to an activating group) is 1. The van der Waals surface area contributed by atoms with Crippen molar-refractivity contribution in [2.24, 2.45) is 0 Å². The average Bonchev–Trinajstić information content (AvgIpc) is 2.72. The summed E-state index contributed by atoms with van der Waals surface area (Å²) >= 11 is 0. The van der Waals surface area contributed by atoms with E-state index in [1.165, 1.54) is 0 Å². The summed E-state index contributed by atoms with van der Waals surface area (Å²) in [5.41, 5.74) is 1.75. The quantitative estimate of drug-likeness (QED) is 0.754. The lowest BCUT2D eigenvalue weighted by molar-refractivity contribution is 0.0749. The second-order valence-corrected chi connectivity index (χ2v) is 4.25. The van der Waals surface area contributed by atoms with Crippen molar-refractivity contribution in [2.45, 2.75) is 6.42 Å². The molecule has 0 radical (unpaired) electrons. The first kappa shape index (κ1) is 10.2. The lowest BCUT2D eigenvalue weighted by Crippen LogP contribution is -2.33. The number of nitrogens with zero attached hydrogens (tertiary/aromatic N) is 1. The maximum atomic E-state index is 11.9. The highest BCUT2D eigenvalue weighted by atomic mass is 16.5. The fraction of sp³-hybridized carbons (Fsp3) is 0.308. The number of ether oxygens (including phenoxy) is 1. The van der Waals surface area contributed by atoms with E-state index >= 15 is 0 Å². The van der Waals surface area contributed by atoms with Gasteiger partial charge in [-0.25, -0.2) is 0 Å². The van der Waals surface area contributed by atoms with Gasteiger partial charge in [0.1, 0.15) is 11.3 Å². The first-order valence-electron chi connectivity index (χ1n) is 5.55. The molecule has 1 aromatic carbocycles. The highest BCUT2D eigenvalue weighted by molar-refractivity contribution is 6.00. The standard InChI is InChI=1S/C13H13NO3/c1-14-6-5-9-10-7-8(16-2)3-4-11(10)17-12(9)13(14)15/h3-4,7H,5-6H2,1-2H3. The lowest BCUT2D eigenvalue weighted by Gasteiger charge is -2.20. The molecule has 4 nitrogen and oxygen atoms in total. The van der Waals surface area contributed by atoms with E-state index in [1.54, 1.807) is 19.1 Å². The molecule has 0 bridgehead atoms. The molecule has 4 heteroatoms. The zero-order valence-electron chi connectivity index (χ0n) is 9.82. The summed E-state index contributed by atoms with van der Waals surface area (Å²) in [5.74, 6) is 1.22. The first-order chi connectivity index (χ1) is 8.20. The number of methoxy groups -OCH3 is 1. The van der Waals surface area contributed by atoms with Gasteiger partial charge in [0.2, 0.25) is 0 Å². The Morgan fingerprint density at radius 1 is 1.41 bits per heavy atom. The fourth-order valence-electron chi connectivity index (χ4n) is 2.23. The van der Waals surface area contributed by atoms with Crippen LogP contribution < -0.4 is 4.74 Å². The van der Waals surface area contributed by atoms with E-state index in [0.29, 0.717) is 5.76 Å². The van der Waals surface area contributed by atoms with Gasteiger partial charge in [0.05, 0.1) is 7.11 Å². The predicted molar refractivity (Wildman–Crippen MR) is 63.4 cm³/mol. The van der Waals surface area contributed by atoms with E-state index in [0.717, 1.165) is 35.2 Å². The molecule has 0 fully saturated rings. The summed E-state index contributed by atoms with van der Waals surface area (Å²) in [7, 11) is 3.42. The first-order valence-corrected chi connectivity index (χ1v) is 5.55. The maximum absolute atomic E-state index is 11.9. The van der Waals surface area contributed by atoms with Crippen molar-refractivity contribution in [3.63, 3.8) is 0 Å². The van der Waals surface area contributed by atoms with E-state index in [2.05, 4.69) is 0 Å². The fourth-order valence-corrected chi connectivity index (χ4v) is 2.23. The van der Waals surface area contributed by atoms with E-state index < -0.39 is 0 Å². The molecule has 1 amide bonds. The molecule has 2 aromatic rings. The number of rotatable bonds is 1. The summed E-state index contributed by atoms with van der Waals surface area (Å²) in [6, 6.07) is 5.61. The van der Waals surface area contributed by atoms with Crippen LogP contribution in [0.4, 0.5) is 0 Å². The molecule has 0 saturated heterocycles. The zero-order valence-corrected chi connectivity index (χ0v) is 9.82. The van der Waals surface area contributed by atoms with Gasteiger partial charge in [-0.05, 0) is 24.6 Å². The number of fused-ring (bicyclic) bond motifs is 3. The minimum absolute atomic E-state index is 0.0404. The van der Waals surface area contributed by atoms with Gasteiger partial charge < -0.3 is 14.1 Å². The van der Waals surface area contributed by atoms with Gasteiger partial charge in [-0.3, -0.25) is 4.79 Å². The summed E-state index contributed by atoms with van der Waals surface area (Å²) in [6.45, 7) is 0.734. The Morgan fingerprint density at radius 3 is 3.00 bits per heavy atom. The highest BCUT2D eigenvalue weighted by Crippen LogP contribution is 2.32. The summed E-state index contributed by atoms with van der Waals surface area (Å²) in [5, 5.41) is 0.987. The maximum Gasteiger partial charge on any atom is 0.289 e. The number of hydrogen-bond acceptors (Lipinski definition) is 3. The molecular weight excluding hydrogens is 218 g/mol. The number of carbonyl (C=O) groups excluding carboxylic acids is 1. The van der Waals surface area contributed by atoms with E-state index in [4.69, 9.17) is 9.15 Å². The Labute approximate surface area is 98.8 Å². The Bertz CT molecular complexity index is 600. The van der Waals surface area contributed by atoms with E-state index in [1.807, 2.05) is 18.2 Å². The lowest BCUT2D eigenvalue weighted by atomic mass is 10.0. The van der Waals surface area contributed by atoms with Crippen LogP contribution in [0.1, 0.15) is 16.1 Å². The van der Waals surface area contributed by atoms with Crippen LogP contribution in [-0.2, 0) is 6.42 Å². The number of amides is 1. The Kier molecular flexibility index (Phi) is 2.11. The van der Waals surface area contributed by atoms with Crippen LogP contribution in [-0.4, -0.2) is 31.5 Å². The molecule has 17 heavy (non-hydrogen) atoms. The monoisotopic (exact) mass is 231 g/mol. The summed E-state index contributed by atoms with van der Waals surface area (Å²) < 4.78 is 10.8. The molecule has 88 valence electrons. The second-order valence-electron chi connectivity index (χ2n) is 4.25. The molecule has 1 aliphatic heterocycles. The zero-order chi connectivity index (χ0) is 12.0. The number of benzene rings is 1. The van der Waals surface area contributed by atoms with Gasteiger partial charge in [0, 0.05) is 24.5 Å². The van der Waals surface area contributed by atoms with Crippen molar-refractivity contribution < 1.29 is 13.9 Å². The largest absolute Gasteiger partial charge is 0.497 e. The smallest absolute Gasteiger partial charge is 0.289 e. The molecule has 1 aromatic heterocycles. The molecule has 2 heterocycles. The summed E-state index contributed by atoms with van der Waals surface area (Å²) in [4.78, 5) is 13.6. The number of furan rings is 1. The number of hydrogen-bond donors (Lipinski definition) is 0. The van der Waals surface area contributed by atoms with Gasteiger partial charge in [-0.15, -0.1) is 0 Å². The highest BCUT2D eigenvalue weighted by Gasteiger charge is 2.27. The molecule has 0 N–H and O–H groups in total. The SMILES string of the molecule is COc1ccc2oc3c(c2c1)CCN(C)C3=O. The van der Waals surface area contributed by atoms with Crippen LogP contribution in [0.25, 0.3) is 11.0 Å². The normalized spacial score (nSPS) is 15.2. The molecule has 0 saturated carbocycles. The number of carbonyl (C=O) groups is 1. The Balaban J connectivity index is 2.25. The van der Waals surface area contributed by atoms with Crippen LogP contribution in [0.5, 0.6) is 5.75 Å². The van der Waals surface area contributed by atoms with Gasteiger partial charge >= 0.3 is 0 Å². The van der Waals surface area contributed by atoms with Crippen LogP contribution in [0.3, 0.4) is 0 Å². The van der Waals surface area contributed by atoms with Gasteiger partial charge in [0.25, 0.3) is 5.91 Å². The van der Waals surface area contributed by atoms with Crippen molar-refractivity contribution in [2.75, 3.05) is 20.7 Å². The predicted octanol–water partition coefficient (Wildman–Crippen LogP) is 2.07. The van der Waals surface area contributed by atoms with Crippen LogP contribution >= 0.6 is 0 Å². The third-order valence-corrected chi connectivity index (χ3v) is 3.24. The van der Waals surface area contributed by atoms with Crippen molar-refractivity contribution in [3.8, 4) is 5.75 Å². The molecule has 1 aliphatic rings. The van der Waals surface area contributed by atoms with Crippen molar-refractivity contribution in [3.05, 3.63) is 29.5 Å². The topological polar surface area (TPSA) is 42.7 Å². The third kappa shape index (κ3) is 1.40. The second kappa shape index (κ2) is 3.52. The minimum atomic E-state index is -0.0404. The average molecular weight is 231 g/mol. The van der Waals surface area contributed by atoms with Crippen molar-refractivity contribution >= 4 is 16.9 Å². The van der Waals surface area contributed by atoms with E-state index in [-0.39, 0.29) is 5.91 Å². The molecule has 0 aliphatic carbocycles. The summed E-state index contributed by atoms with van der Waals surface area (Å²) in [6.07, 6.45) is 0.831. The van der Waals surface area contributed by atoms with Crippen LogP contribution in [0, 0.1) is 0 Å². The minimum Gasteiger partial charge on any atom is -0.497 e. The van der Waals surface area contributed by atoms with Gasteiger partial charge in [-0.1, -0.05) is 0 Å². The Hall–Kier alpha value is -1.97. The molecule has 0 atom stereocenters. The van der Waals surface area contributed by atoms with Crippen LogP contribution in [0.2, 0.25) is 0 Å². The third-order valence-electron chi connectivity index (χ3n) is 3.24. The van der Waals surface area contributed by atoms with Crippen molar-refractivity contribution in [1.82, 2.24) is 4.90 Å². The van der Waals surface area contributed by atoms with Gasteiger partial charge in [0.15, 0.2) is 5.76 Å². The molecule has 0 unspecified atom stereocenters.